The molecule has 5 heteroatoms. The minimum atomic E-state index is -0.394. The van der Waals surface area contributed by atoms with Crippen LogP contribution in [0.3, 0.4) is 0 Å². The molecule has 0 radical (unpaired) electrons. The number of aliphatic hydroxyl groups is 1. The Morgan fingerprint density at radius 3 is 2.83 bits per heavy atom. The summed E-state index contributed by atoms with van der Waals surface area (Å²) in [6.45, 7) is 7.45. The number of amides is 1. The molecule has 1 fully saturated rings. The molecule has 106 valence electrons. The fourth-order valence-corrected chi connectivity index (χ4v) is 2.42. The second-order valence-electron chi connectivity index (χ2n) is 5.73. The zero-order valence-electron chi connectivity index (χ0n) is 11.7. The maximum Gasteiger partial charge on any atom is 0.225 e. The van der Waals surface area contributed by atoms with Gasteiger partial charge in [0, 0.05) is 19.0 Å². The lowest BCUT2D eigenvalue weighted by Crippen LogP contribution is -2.56. The van der Waals surface area contributed by atoms with Gasteiger partial charge in [0.25, 0.3) is 0 Å². The second-order valence-corrected chi connectivity index (χ2v) is 5.73. The highest BCUT2D eigenvalue weighted by Crippen LogP contribution is 2.23. The Morgan fingerprint density at radius 1 is 1.61 bits per heavy atom. The summed E-state index contributed by atoms with van der Waals surface area (Å²) in [5.74, 6) is 0.125. The van der Waals surface area contributed by atoms with Crippen LogP contribution in [0, 0.1) is 5.92 Å². The summed E-state index contributed by atoms with van der Waals surface area (Å²) in [5.41, 5.74) is 5.07. The van der Waals surface area contributed by atoms with Gasteiger partial charge in [0.15, 0.2) is 0 Å². The van der Waals surface area contributed by atoms with Crippen LogP contribution in [0.5, 0.6) is 0 Å². The summed E-state index contributed by atoms with van der Waals surface area (Å²) >= 11 is 0. The van der Waals surface area contributed by atoms with Gasteiger partial charge in [-0.25, -0.2) is 0 Å². The van der Waals surface area contributed by atoms with Gasteiger partial charge in [0.1, 0.15) is 0 Å². The number of hydrogen-bond acceptors (Lipinski definition) is 4. The van der Waals surface area contributed by atoms with Crippen LogP contribution in [0.4, 0.5) is 0 Å². The Bertz CT molecular complexity index is 281. The molecule has 0 aromatic heterocycles. The van der Waals surface area contributed by atoms with Crippen LogP contribution in [-0.2, 0) is 9.53 Å². The van der Waals surface area contributed by atoms with Gasteiger partial charge in [-0.2, -0.15) is 0 Å². The van der Waals surface area contributed by atoms with Gasteiger partial charge < -0.3 is 20.5 Å². The number of carbonyl (C=O) groups is 1. The van der Waals surface area contributed by atoms with E-state index in [-0.39, 0.29) is 24.5 Å². The van der Waals surface area contributed by atoms with E-state index < -0.39 is 5.60 Å². The maximum atomic E-state index is 12.3. The summed E-state index contributed by atoms with van der Waals surface area (Å²) in [6.07, 6.45) is 1.40. The molecule has 1 amide bonds. The first kappa shape index (κ1) is 15.4. The highest BCUT2D eigenvalue weighted by molar-refractivity contribution is 5.78. The lowest BCUT2D eigenvalue weighted by molar-refractivity contribution is -0.169. The van der Waals surface area contributed by atoms with Crippen molar-refractivity contribution in [1.82, 2.24) is 4.90 Å². The first-order valence-electron chi connectivity index (χ1n) is 6.67. The van der Waals surface area contributed by atoms with Crippen LogP contribution in [-0.4, -0.2) is 53.9 Å². The average Bonchev–Trinajstić information content (AvgIpc) is 2.32. The predicted octanol–water partition coefficient (Wildman–Crippen LogP) is 0.360. The number of morpholine rings is 1. The van der Waals surface area contributed by atoms with Crippen molar-refractivity contribution in [1.29, 1.82) is 0 Å². The van der Waals surface area contributed by atoms with Crippen LogP contribution in [0.2, 0.25) is 0 Å². The number of aliphatic hydroxyl groups excluding tert-OH is 1. The largest absolute Gasteiger partial charge is 0.394 e. The maximum absolute atomic E-state index is 12.3. The monoisotopic (exact) mass is 258 g/mol. The van der Waals surface area contributed by atoms with Gasteiger partial charge in [-0.15, -0.1) is 0 Å². The number of rotatable bonds is 5. The molecule has 0 spiro atoms. The van der Waals surface area contributed by atoms with Crippen molar-refractivity contribution in [2.75, 3.05) is 26.2 Å². The lowest BCUT2D eigenvalue weighted by Gasteiger charge is -2.43. The van der Waals surface area contributed by atoms with Crippen molar-refractivity contribution in [3.8, 4) is 0 Å². The Balaban J connectivity index is 2.61. The molecule has 1 rings (SSSR count). The first-order chi connectivity index (χ1) is 8.39. The van der Waals surface area contributed by atoms with E-state index in [0.29, 0.717) is 19.6 Å². The number of hydrogen-bond donors (Lipinski definition) is 2. The molecular weight excluding hydrogens is 232 g/mol. The van der Waals surface area contributed by atoms with Gasteiger partial charge in [-0.05, 0) is 33.2 Å². The molecule has 2 unspecified atom stereocenters. The fourth-order valence-electron chi connectivity index (χ4n) is 2.42. The van der Waals surface area contributed by atoms with E-state index >= 15 is 0 Å². The van der Waals surface area contributed by atoms with E-state index in [1.807, 2.05) is 25.7 Å². The molecule has 1 aliphatic rings. The second kappa shape index (κ2) is 6.50. The SMILES string of the molecule is CC(CCCN)C(=O)N1CC(CO)OC(C)(C)C1. The summed E-state index contributed by atoms with van der Waals surface area (Å²) in [7, 11) is 0. The van der Waals surface area contributed by atoms with Crippen molar-refractivity contribution >= 4 is 5.91 Å². The molecular formula is C13H26N2O3. The van der Waals surface area contributed by atoms with Crippen molar-refractivity contribution in [2.45, 2.75) is 45.3 Å². The van der Waals surface area contributed by atoms with E-state index in [0.717, 1.165) is 12.8 Å². The molecule has 3 N–H and O–H groups in total. The smallest absolute Gasteiger partial charge is 0.225 e. The van der Waals surface area contributed by atoms with Gasteiger partial charge in [-0.3, -0.25) is 4.79 Å². The number of carbonyl (C=O) groups excluding carboxylic acids is 1. The molecule has 0 bridgehead atoms. The van der Waals surface area contributed by atoms with E-state index in [4.69, 9.17) is 10.5 Å². The molecule has 0 aromatic rings. The average molecular weight is 258 g/mol. The lowest BCUT2D eigenvalue weighted by atomic mass is 10.00. The fraction of sp³-hybridized carbons (Fsp3) is 0.923. The van der Waals surface area contributed by atoms with E-state index in [9.17, 15) is 9.90 Å². The van der Waals surface area contributed by atoms with Crippen molar-refractivity contribution in [2.24, 2.45) is 11.7 Å². The highest BCUT2D eigenvalue weighted by atomic mass is 16.5. The third-order valence-electron chi connectivity index (χ3n) is 3.26. The quantitative estimate of drug-likeness (QED) is 0.746. The molecule has 1 saturated heterocycles. The van der Waals surface area contributed by atoms with E-state index in [1.54, 1.807) is 0 Å². The normalized spacial score (nSPS) is 24.9. The molecule has 18 heavy (non-hydrogen) atoms. The van der Waals surface area contributed by atoms with Gasteiger partial charge in [0.05, 0.1) is 18.3 Å². The zero-order chi connectivity index (χ0) is 13.8. The minimum Gasteiger partial charge on any atom is -0.394 e. The third kappa shape index (κ3) is 4.23. The first-order valence-corrected chi connectivity index (χ1v) is 6.67. The van der Waals surface area contributed by atoms with Crippen LogP contribution >= 0.6 is 0 Å². The van der Waals surface area contributed by atoms with Crippen molar-refractivity contribution in [3.63, 3.8) is 0 Å². The summed E-state index contributed by atoms with van der Waals surface area (Å²) in [6, 6.07) is 0. The minimum absolute atomic E-state index is 0.0122. The van der Waals surface area contributed by atoms with Crippen molar-refractivity contribution < 1.29 is 14.6 Å². The van der Waals surface area contributed by atoms with Crippen LogP contribution in [0.25, 0.3) is 0 Å². The Kier molecular flexibility index (Phi) is 5.56. The van der Waals surface area contributed by atoms with Gasteiger partial charge >= 0.3 is 0 Å². The predicted molar refractivity (Wildman–Crippen MR) is 70.1 cm³/mol. The summed E-state index contributed by atoms with van der Waals surface area (Å²) in [4.78, 5) is 14.1. The van der Waals surface area contributed by atoms with Crippen LogP contribution in [0.15, 0.2) is 0 Å². The molecule has 1 aliphatic heterocycles. The van der Waals surface area contributed by atoms with Crippen molar-refractivity contribution in [3.05, 3.63) is 0 Å². The molecule has 1 heterocycles. The van der Waals surface area contributed by atoms with Gasteiger partial charge in [-0.1, -0.05) is 6.92 Å². The Labute approximate surface area is 109 Å². The van der Waals surface area contributed by atoms with Crippen LogP contribution < -0.4 is 5.73 Å². The topological polar surface area (TPSA) is 75.8 Å². The molecule has 0 saturated carbocycles. The van der Waals surface area contributed by atoms with Crippen LogP contribution in [0.1, 0.15) is 33.6 Å². The third-order valence-corrected chi connectivity index (χ3v) is 3.26. The standard InChI is InChI=1S/C13H26N2O3/c1-10(5-4-6-14)12(17)15-7-11(8-16)18-13(2,3)9-15/h10-11,16H,4-9,14H2,1-3H3. The van der Waals surface area contributed by atoms with E-state index in [1.165, 1.54) is 0 Å². The summed E-state index contributed by atoms with van der Waals surface area (Å²) in [5, 5.41) is 9.22. The zero-order valence-corrected chi connectivity index (χ0v) is 11.7. The highest BCUT2D eigenvalue weighted by Gasteiger charge is 2.36. The van der Waals surface area contributed by atoms with E-state index in [2.05, 4.69) is 0 Å². The number of nitrogens with zero attached hydrogens (tertiary/aromatic N) is 1. The molecule has 5 nitrogen and oxygen atoms in total. The number of ether oxygens (including phenoxy) is 1. The van der Waals surface area contributed by atoms with Gasteiger partial charge in [0.2, 0.25) is 5.91 Å². The number of nitrogens with two attached hydrogens (primary N) is 1. The molecule has 0 aromatic carbocycles. The summed E-state index contributed by atoms with van der Waals surface area (Å²) < 4.78 is 5.70. The molecule has 0 aliphatic carbocycles. The Hall–Kier alpha value is -0.650. The Morgan fingerprint density at radius 2 is 2.28 bits per heavy atom. The molecule has 2 atom stereocenters.